The Morgan fingerprint density at radius 3 is 2.91 bits per heavy atom. The number of amides is 1. The van der Waals surface area contributed by atoms with Crippen LogP contribution in [0.25, 0.3) is 0 Å². The zero-order chi connectivity index (χ0) is 16.8. The Bertz CT molecular complexity index is 746. The number of nitrogens with zero attached hydrogens (tertiary/aromatic N) is 3. The summed E-state index contributed by atoms with van der Waals surface area (Å²) in [6, 6.07) is 9.65. The summed E-state index contributed by atoms with van der Waals surface area (Å²) in [5, 5.41) is 16.0. The van der Waals surface area contributed by atoms with E-state index in [1.807, 2.05) is 42.8 Å². The van der Waals surface area contributed by atoms with Crippen LogP contribution in [0, 0.1) is 25.2 Å². The highest BCUT2D eigenvalue weighted by Crippen LogP contribution is 2.18. The molecule has 0 saturated heterocycles. The fourth-order valence-corrected chi connectivity index (χ4v) is 2.90. The maximum Gasteiger partial charge on any atom is 0.224 e. The summed E-state index contributed by atoms with van der Waals surface area (Å²) in [6.07, 6.45) is 1.48. The van der Waals surface area contributed by atoms with Crippen LogP contribution < -0.4 is 5.32 Å². The molecule has 5 nitrogen and oxygen atoms in total. The Morgan fingerprint density at radius 2 is 2.22 bits per heavy atom. The zero-order valence-corrected chi connectivity index (χ0v) is 14.9. The van der Waals surface area contributed by atoms with Crippen LogP contribution in [0.5, 0.6) is 0 Å². The minimum Gasteiger partial charge on any atom is -0.326 e. The van der Waals surface area contributed by atoms with Gasteiger partial charge in [-0.15, -0.1) is 0 Å². The van der Waals surface area contributed by atoms with Crippen molar-refractivity contribution in [3.05, 3.63) is 45.7 Å². The number of rotatable bonds is 6. The Balaban J connectivity index is 1.96. The Hall–Kier alpha value is -2.13. The van der Waals surface area contributed by atoms with E-state index in [-0.39, 0.29) is 5.91 Å². The monoisotopic (exact) mass is 374 g/mol. The summed E-state index contributed by atoms with van der Waals surface area (Å²) < 4.78 is 2.78. The lowest BCUT2D eigenvalue weighted by molar-refractivity contribution is -0.116. The average molecular weight is 375 g/mol. The molecule has 0 fully saturated rings. The highest BCUT2D eigenvalue weighted by molar-refractivity contribution is 9.10. The van der Waals surface area contributed by atoms with Crippen molar-refractivity contribution >= 4 is 27.5 Å². The number of aryl methyl sites for hydroxylation is 2. The zero-order valence-electron chi connectivity index (χ0n) is 13.3. The molecule has 1 N–H and O–H groups in total. The number of anilines is 1. The maximum atomic E-state index is 12.1. The quantitative estimate of drug-likeness (QED) is 0.836. The second-order valence-corrected chi connectivity index (χ2v) is 6.25. The molecule has 0 aliphatic rings. The van der Waals surface area contributed by atoms with Gasteiger partial charge in [0.15, 0.2) is 0 Å². The molecule has 1 aromatic carbocycles. The molecule has 0 radical (unpaired) electrons. The minimum absolute atomic E-state index is 0.0216. The van der Waals surface area contributed by atoms with Crippen LogP contribution in [-0.4, -0.2) is 15.7 Å². The molecule has 0 saturated carbocycles. The van der Waals surface area contributed by atoms with Gasteiger partial charge in [0.05, 0.1) is 24.7 Å². The first-order valence-corrected chi connectivity index (χ1v) is 8.26. The summed E-state index contributed by atoms with van der Waals surface area (Å²) in [6.45, 7) is 4.52. The van der Waals surface area contributed by atoms with Crippen LogP contribution in [0.3, 0.4) is 0 Å². The average Bonchev–Trinajstić information content (AvgIpc) is 2.77. The molecule has 120 valence electrons. The van der Waals surface area contributed by atoms with E-state index in [9.17, 15) is 4.79 Å². The summed E-state index contributed by atoms with van der Waals surface area (Å²) in [5.74, 6) is -0.0216. The fourth-order valence-electron chi connectivity index (χ4n) is 2.50. The second kappa shape index (κ2) is 7.93. The SMILES string of the molecule is Cc1nn(CCC#N)c(C)c1CCC(=O)Nc1cccc(Br)c1. The highest BCUT2D eigenvalue weighted by Gasteiger charge is 2.13. The van der Waals surface area contributed by atoms with Gasteiger partial charge in [-0.05, 0) is 44.0 Å². The van der Waals surface area contributed by atoms with Crippen molar-refractivity contribution in [3.63, 3.8) is 0 Å². The first-order valence-electron chi connectivity index (χ1n) is 7.46. The van der Waals surface area contributed by atoms with Gasteiger partial charge in [-0.25, -0.2) is 0 Å². The molecule has 0 bridgehead atoms. The molecule has 0 spiro atoms. The third kappa shape index (κ3) is 4.67. The van der Waals surface area contributed by atoms with Crippen LogP contribution in [0.2, 0.25) is 0 Å². The summed E-state index contributed by atoms with van der Waals surface area (Å²) in [7, 11) is 0. The van der Waals surface area contributed by atoms with Crippen molar-refractivity contribution in [2.45, 2.75) is 39.7 Å². The molecular formula is C17H19BrN4O. The summed E-state index contributed by atoms with van der Waals surface area (Å²) >= 11 is 3.38. The van der Waals surface area contributed by atoms with Gasteiger partial charge in [-0.1, -0.05) is 22.0 Å². The number of hydrogen-bond acceptors (Lipinski definition) is 3. The van der Waals surface area contributed by atoms with Gasteiger partial charge in [-0.3, -0.25) is 9.48 Å². The molecule has 6 heteroatoms. The van der Waals surface area contributed by atoms with Crippen LogP contribution in [-0.2, 0) is 17.8 Å². The van der Waals surface area contributed by atoms with E-state index in [2.05, 4.69) is 32.4 Å². The summed E-state index contributed by atoms with van der Waals surface area (Å²) in [5.41, 5.74) is 3.83. The lowest BCUT2D eigenvalue weighted by Crippen LogP contribution is -2.12. The van der Waals surface area contributed by atoms with Gasteiger partial charge in [0, 0.05) is 22.3 Å². The molecule has 1 aromatic heterocycles. The molecule has 0 aliphatic heterocycles. The minimum atomic E-state index is -0.0216. The number of hydrogen-bond donors (Lipinski definition) is 1. The van der Waals surface area contributed by atoms with E-state index < -0.39 is 0 Å². The molecule has 2 aromatic rings. The van der Waals surface area contributed by atoms with E-state index in [1.54, 1.807) is 0 Å². The molecule has 0 atom stereocenters. The smallest absolute Gasteiger partial charge is 0.224 e. The first kappa shape index (κ1) is 17.2. The normalized spacial score (nSPS) is 10.3. The summed E-state index contributed by atoms with van der Waals surface area (Å²) in [4.78, 5) is 12.1. The van der Waals surface area contributed by atoms with E-state index in [0.717, 1.165) is 27.1 Å². The predicted molar refractivity (Wildman–Crippen MR) is 93.0 cm³/mol. The molecule has 1 heterocycles. The number of carbonyl (C=O) groups is 1. The lowest BCUT2D eigenvalue weighted by Gasteiger charge is -2.06. The Morgan fingerprint density at radius 1 is 1.43 bits per heavy atom. The van der Waals surface area contributed by atoms with Crippen molar-refractivity contribution in [3.8, 4) is 6.07 Å². The van der Waals surface area contributed by atoms with Gasteiger partial charge >= 0.3 is 0 Å². The molecular weight excluding hydrogens is 356 g/mol. The van der Waals surface area contributed by atoms with Gasteiger partial charge in [0.2, 0.25) is 5.91 Å². The topological polar surface area (TPSA) is 70.7 Å². The van der Waals surface area contributed by atoms with Gasteiger partial charge in [0.25, 0.3) is 0 Å². The van der Waals surface area contributed by atoms with Crippen LogP contribution >= 0.6 is 15.9 Å². The van der Waals surface area contributed by atoms with E-state index in [1.165, 1.54) is 0 Å². The Kier molecular flexibility index (Phi) is 5.94. The second-order valence-electron chi connectivity index (χ2n) is 5.34. The van der Waals surface area contributed by atoms with E-state index in [4.69, 9.17) is 5.26 Å². The third-order valence-corrected chi connectivity index (χ3v) is 4.17. The van der Waals surface area contributed by atoms with Crippen molar-refractivity contribution in [2.24, 2.45) is 0 Å². The predicted octanol–water partition coefficient (Wildman–Crippen LogP) is 3.75. The molecule has 23 heavy (non-hydrogen) atoms. The first-order chi connectivity index (χ1) is 11.0. The van der Waals surface area contributed by atoms with Crippen molar-refractivity contribution < 1.29 is 4.79 Å². The third-order valence-electron chi connectivity index (χ3n) is 3.68. The Labute approximate surface area is 144 Å². The number of nitrogens with one attached hydrogen (secondary N) is 1. The van der Waals surface area contributed by atoms with Crippen LogP contribution in [0.4, 0.5) is 5.69 Å². The van der Waals surface area contributed by atoms with Crippen LogP contribution in [0.1, 0.15) is 29.8 Å². The molecule has 0 unspecified atom stereocenters. The lowest BCUT2D eigenvalue weighted by atomic mass is 10.1. The number of carbonyl (C=O) groups excluding carboxylic acids is 1. The van der Waals surface area contributed by atoms with E-state index >= 15 is 0 Å². The van der Waals surface area contributed by atoms with Gasteiger partial charge < -0.3 is 5.32 Å². The highest BCUT2D eigenvalue weighted by atomic mass is 79.9. The number of halogens is 1. The van der Waals surface area contributed by atoms with Gasteiger partial charge in [-0.2, -0.15) is 10.4 Å². The standard InChI is InChI=1S/C17H19BrN4O/c1-12-16(13(2)22(21-12)10-4-9-19)7-8-17(23)20-15-6-3-5-14(18)11-15/h3,5-6,11H,4,7-8,10H2,1-2H3,(H,20,23). The number of aromatic nitrogens is 2. The number of nitriles is 1. The van der Waals surface area contributed by atoms with Crippen molar-refractivity contribution in [2.75, 3.05) is 5.32 Å². The molecule has 1 amide bonds. The van der Waals surface area contributed by atoms with E-state index in [0.29, 0.717) is 25.8 Å². The maximum absolute atomic E-state index is 12.1. The fraction of sp³-hybridized carbons (Fsp3) is 0.353. The largest absolute Gasteiger partial charge is 0.326 e. The van der Waals surface area contributed by atoms with Crippen LogP contribution in [0.15, 0.2) is 28.7 Å². The van der Waals surface area contributed by atoms with Gasteiger partial charge in [0.1, 0.15) is 0 Å². The number of benzene rings is 1. The molecule has 0 aliphatic carbocycles. The van der Waals surface area contributed by atoms with Crippen molar-refractivity contribution in [1.82, 2.24) is 9.78 Å². The van der Waals surface area contributed by atoms with Crippen molar-refractivity contribution in [1.29, 1.82) is 5.26 Å². The molecule has 2 rings (SSSR count).